The molecular formula is C17H36N2. The fourth-order valence-corrected chi connectivity index (χ4v) is 3.17. The summed E-state index contributed by atoms with van der Waals surface area (Å²) in [6.45, 7) is 16.3. The third-order valence-electron chi connectivity index (χ3n) is 4.15. The van der Waals surface area contributed by atoms with Crippen molar-refractivity contribution in [3.05, 3.63) is 0 Å². The predicted octanol–water partition coefficient (Wildman–Crippen LogP) is 4.05. The SMILES string of the molecule is CC(C)CN(C(C)CCNC(C)(C)C)C1CCCC1. The van der Waals surface area contributed by atoms with Crippen LogP contribution in [0.5, 0.6) is 0 Å². The molecule has 0 heterocycles. The molecule has 0 saturated heterocycles. The van der Waals surface area contributed by atoms with Crippen molar-refractivity contribution < 1.29 is 0 Å². The second-order valence-corrected chi connectivity index (χ2v) is 7.84. The van der Waals surface area contributed by atoms with Gasteiger partial charge in [0.15, 0.2) is 0 Å². The fraction of sp³-hybridized carbons (Fsp3) is 1.00. The zero-order valence-corrected chi connectivity index (χ0v) is 14.1. The van der Waals surface area contributed by atoms with Crippen molar-refractivity contribution in [2.24, 2.45) is 5.92 Å². The molecule has 1 rings (SSSR count). The Hall–Kier alpha value is -0.0800. The normalized spacial score (nSPS) is 19.6. The minimum absolute atomic E-state index is 0.246. The molecule has 0 bridgehead atoms. The van der Waals surface area contributed by atoms with Gasteiger partial charge in [0.25, 0.3) is 0 Å². The number of hydrogen-bond acceptors (Lipinski definition) is 2. The predicted molar refractivity (Wildman–Crippen MR) is 85.6 cm³/mol. The number of nitrogens with one attached hydrogen (secondary N) is 1. The lowest BCUT2D eigenvalue weighted by atomic mass is 10.0. The van der Waals surface area contributed by atoms with Crippen LogP contribution in [0.3, 0.4) is 0 Å². The molecule has 1 aliphatic rings. The van der Waals surface area contributed by atoms with Crippen LogP contribution in [0.15, 0.2) is 0 Å². The Balaban J connectivity index is 2.44. The summed E-state index contributed by atoms with van der Waals surface area (Å²) < 4.78 is 0. The molecule has 0 amide bonds. The second-order valence-electron chi connectivity index (χ2n) is 7.84. The molecule has 0 aromatic rings. The van der Waals surface area contributed by atoms with Gasteiger partial charge in [-0.25, -0.2) is 0 Å². The fourth-order valence-electron chi connectivity index (χ4n) is 3.17. The molecule has 1 N–H and O–H groups in total. The monoisotopic (exact) mass is 268 g/mol. The topological polar surface area (TPSA) is 15.3 Å². The molecule has 0 radical (unpaired) electrons. The van der Waals surface area contributed by atoms with Crippen molar-refractivity contribution in [1.82, 2.24) is 10.2 Å². The summed E-state index contributed by atoms with van der Waals surface area (Å²) in [6, 6.07) is 1.56. The first kappa shape index (κ1) is 17.0. The van der Waals surface area contributed by atoms with Crippen LogP contribution < -0.4 is 5.32 Å². The molecule has 1 saturated carbocycles. The van der Waals surface area contributed by atoms with E-state index in [1.54, 1.807) is 0 Å². The Kier molecular flexibility index (Phi) is 6.82. The Morgan fingerprint density at radius 2 is 1.68 bits per heavy atom. The maximum Gasteiger partial charge on any atom is 0.00981 e. The zero-order chi connectivity index (χ0) is 14.5. The molecule has 2 nitrogen and oxygen atoms in total. The largest absolute Gasteiger partial charge is 0.312 e. The average Bonchev–Trinajstić information content (AvgIpc) is 2.76. The van der Waals surface area contributed by atoms with Crippen LogP contribution in [0.2, 0.25) is 0 Å². The Morgan fingerprint density at radius 3 is 2.16 bits per heavy atom. The standard InChI is InChI=1S/C17H36N2/c1-14(2)13-19(16-9-7-8-10-16)15(3)11-12-18-17(4,5)6/h14-16,18H,7-13H2,1-6H3. The number of rotatable bonds is 7. The maximum atomic E-state index is 3.62. The van der Waals surface area contributed by atoms with E-state index in [1.807, 2.05) is 0 Å². The van der Waals surface area contributed by atoms with E-state index < -0.39 is 0 Å². The molecule has 1 atom stereocenters. The van der Waals surface area contributed by atoms with Gasteiger partial charge in [-0.15, -0.1) is 0 Å². The lowest BCUT2D eigenvalue weighted by Gasteiger charge is -2.36. The Morgan fingerprint density at radius 1 is 1.11 bits per heavy atom. The van der Waals surface area contributed by atoms with Crippen molar-refractivity contribution >= 4 is 0 Å². The second kappa shape index (κ2) is 7.64. The van der Waals surface area contributed by atoms with E-state index in [0.29, 0.717) is 6.04 Å². The lowest BCUT2D eigenvalue weighted by Crippen LogP contribution is -2.45. The zero-order valence-electron chi connectivity index (χ0n) is 14.1. The van der Waals surface area contributed by atoms with E-state index in [-0.39, 0.29) is 5.54 Å². The smallest absolute Gasteiger partial charge is 0.00981 e. The van der Waals surface area contributed by atoms with Gasteiger partial charge in [0, 0.05) is 24.2 Å². The molecule has 19 heavy (non-hydrogen) atoms. The third kappa shape index (κ3) is 6.76. The quantitative estimate of drug-likeness (QED) is 0.749. The van der Waals surface area contributed by atoms with E-state index in [1.165, 1.54) is 38.6 Å². The summed E-state index contributed by atoms with van der Waals surface area (Å²) in [5.74, 6) is 0.777. The van der Waals surface area contributed by atoms with Crippen LogP contribution in [-0.2, 0) is 0 Å². The van der Waals surface area contributed by atoms with E-state index in [0.717, 1.165) is 18.5 Å². The van der Waals surface area contributed by atoms with Crippen LogP contribution in [-0.4, -0.2) is 35.6 Å². The third-order valence-corrected chi connectivity index (χ3v) is 4.15. The molecule has 114 valence electrons. The van der Waals surface area contributed by atoms with Gasteiger partial charge < -0.3 is 5.32 Å². The van der Waals surface area contributed by atoms with Crippen molar-refractivity contribution in [3.8, 4) is 0 Å². The van der Waals surface area contributed by atoms with E-state index in [9.17, 15) is 0 Å². The van der Waals surface area contributed by atoms with Crippen LogP contribution in [0.1, 0.15) is 73.6 Å². The molecule has 0 aromatic heterocycles. The van der Waals surface area contributed by atoms with Crippen LogP contribution in [0.25, 0.3) is 0 Å². The molecule has 1 unspecified atom stereocenters. The minimum Gasteiger partial charge on any atom is -0.312 e. The van der Waals surface area contributed by atoms with Crippen LogP contribution >= 0.6 is 0 Å². The van der Waals surface area contributed by atoms with Gasteiger partial charge in [0.05, 0.1) is 0 Å². The molecular weight excluding hydrogens is 232 g/mol. The maximum absolute atomic E-state index is 3.62. The average molecular weight is 268 g/mol. The van der Waals surface area contributed by atoms with E-state index in [2.05, 4.69) is 51.8 Å². The highest BCUT2D eigenvalue weighted by atomic mass is 15.2. The summed E-state index contributed by atoms with van der Waals surface area (Å²) >= 11 is 0. The Bertz CT molecular complexity index is 236. The van der Waals surface area contributed by atoms with Crippen molar-refractivity contribution in [2.75, 3.05) is 13.1 Å². The first-order valence-electron chi connectivity index (χ1n) is 8.30. The molecule has 0 aromatic carbocycles. The van der Waals surface area contributed by atoms with E-state index >= 15 is 0 Å². The molecule has 1 fully saturated rings. The van der Waals surface area contributed by atoms with Gasteiger partial charge in [0.1, 0.15) is 0 Å². The Labute approximate surface area is 121 Å². The lowest BCUT2D eigenvalue weighted by molar-refractivity contribution is 0.120. The minimum atomic E-state index is 0.246. The summed E-state index contributed by atoms with van der Waals surface area (Å²) in [5, 5.41) is 3.62. The molecule has 0 spiro atoms. The van der Waals surface area contributed by atoms with Gasteiger partial charge in [0.2, 0.25) is 0 Å². The van der Waals surface area contributed by atoms with Crippen molar-refractivity contribution in [1.29, 1.82) is 0 Å². The van der Waals surface area contributed by atoms with Gasteiger partial charge in [-0.3, -0.25) is 4.90 Å². The van der Waals surface area contributed by atoms with Gasteiger partial charge >= 0.3 is 0 Å². The highest BCUT2D eigenvalue weighted by Gasteiger charge is 2.26. The molecule has 2 heteroatoms. The summed E-state index contributed by atoms with van der Waals surface area (Å²) in [6.07, 6.45) is 6.98. The summed E-state index contributed by atoms with van der Waals surface area (Å²) in [7, 11) is 0. The molecule has 1 aliphatic carbocycles. The van der Waals surface area contributed by atoms with Crippen molar-refractivity contribution in [3.63, 3.8) is 0 Å². The first-order valence-corrected chi connectivity index (χ1v) is 8.30. The van der Waals surface area contributed by atoms with Gasteiger partial charge in [-0.05, 0) is 59.4 Å². The summed E-state index contributed by atoms with van der Waals surface area (Å²) in [4.78, 5) is 2.79. The number of nitrogens with zero attached hydrogens (tertiary/aromatic N) is 1. The first-order chi connectivity index (χ1) is 8.79. The van der Waals surface area contributed by atoms with Crippen molar-refractivity contribution in [2.45, 2.75) is 91.3 Å². The van der Waals surface area contributed by atoms with Crippen LogP contribution in [0.4, 0.5) is 0 Å². The van der Waals surface area contributed by atoms with E-state index in [4.69, 9.17) is 0 Å². The highest BCUT2D eigenvalue weighted by Crippen LogP contribution is 2.26. The van der Waals surface area contributed by atoms with Gasteiger partial charge in [-0.1, -0.05) is 26.7 Å². The van der Waals surface area contributed by atoms with Gasteiger partial charge in [-0.2, -0.15) is 0 Å². The number of hydrogen-bond donors (Lipinski definition) is 1. The highest BCUT2D eigenvalue weighted by molar-refractivity contribution is 4.82. The molecule has 0 aliphatic heterocycles. The summed E-state index contributed by atoms with van der Waals surface area (Å²) in [5.41, 5.74) is 0.246. The van der Waals surface area contributed by atoms with Crippen LogP contribution in [0, 0.1) is 5.92 Å².